The first kappa shape index (κ1) is 24.7. The fraction of sp³-hybridized carbons (Fsp3) is 0.385. The molecule has 1 amide bonds. The molecule has 1 fully saturated rings. The Morgan fingerprint density at radius 1 is 1.03 bits per heavy atom. The van der Waals surface area contributed by atoms with E-state index in [0.717, 1.165) is 0 Å². The highest BCUT2D eigenvalue weighted by molar-refractivity contribution is 5.68. The van der Waals surface area contributed by atoms with Crippen LogP contribution in [0.1, 0.15) is 39.3 Å². The summed E-state index contributed by atoms with van der Waals surface area (Å²) in [5, 5.41) is 15.9. The molecule has 9 heteroatoms. The van der Waals surface area contributed by atoms with Crippen molar-refractivity contribution in [2.75, 3.05) is 20.2 Å². The summed E-state index contributed by atoms with van der Waals surface area (Å²) in [4.78, 5) is 13.9. The summed E-state index contributed by atoms with van der Waals surface area (Å²) in [7, 11) is 1.55. The molecule has 0 atom stereocenters. The van der Waals surface area contributed by atoms with E-state index >= 15 is 4.39 Å². The van der Waals surface area contributed by atoms with E-state index in [4.69, 9.17) is 9.47 Å². The number of nitrogens with zero attached hydrogens (tertiary/aromatic N) is 3. The van der Waals surface area contributed by atoms with Gasteiger partial charge < -0.3 is 19.5 Å². The first-order valence-corrected chi connectivity index (χ1v) is 11.4. The van der Waals surface area contributed by atoms with Crippen molar-refractivity contribution >= 4 is 6.09 Å². The summed E-state index contributed by atoms with van der Waals surface area (Å²) in [6.07, 6.45) is -0.298. The number of likely N-dealkylation sites (tertiary alicyclic amines) is 1. The van der Waals surface area contributed by atoms with E-state index in [2.05, 4.69) is 5.10 Å². The van der Waals surface area contributed by atoms with Crippen molar-refractivity contribution in [3.63, 3.8) is 0 Å². The molecule has 0 spiro atoms. The molecule has 3 aromatic rings. The number of hydrogen-bond acceptors (Lipinski definition) is 5. The van der Waals surface area contributed by atoms with Crippen molar-refractivity contribution in [1.29, 1.82) is 0 Å². The standard InChI is InChI=1S/C26H29F2N3O4/c1-25(2,3)35-24(32)30-15-13-26(33,14-16-30)23-21(28)22(17-5-7-18(27)8-6-17)31(29-23)19-9-11-20(34-4)12-10-19/h5-12,33H,13-16H2,1-4H3. The number of ether oxygens (including phenoxy) is 2. The lowest BCUT2D eigenvalue weighted by Crippen LogP contribution is -2.47. The van der Waals surface area contributed by atoms with Crippen molar-refractivity contribution in [1.82, 2.24) is 14.7 Å². The molecule has 4 rings (SSSR count). The molecule has 0 aliphatic carbocycles. The largest absolute Gasteiger partial charge is 0.497 e. The normalized spacial score (nSPS) is 15.7. The van der Waals surface area contributed by atoms with Crippen LogP contribution in [-0.4, -0.2) is 51.7 Å². The first-order chi connectivity index (χ1) is 16.5. The minimum Gasteiger partial charge on any atom is -0.497 e. The number of halogens is 2. The molecule has 2 heterocycles. The summed E-state index contributed by atoms with van der Waals surface area (Å²) in [5.74, 6) is -0.517. The van der Waals surface area contributed by atoms with Gasteiger partial charge in [0, 0.05) is 18.7 Å². The number of carbonyl (C=O) groups excluding carboxylic acids is 1. The van der Waals surface area contributed by atoms with Gasteiger partial charge in [0.05, 0.1) is 12.8 Å². The average molecular weight is 486 g/mol. The number of aromatic nitrogens is 2. The molecule has 1 N–H and O–H groups in total. The Hall–Kier alpha value is -3.46. The summed E-state index contributed by atoms with van der Waals surface area (Å²) < 4.78 is 41.5. The SMILES string of the molecule is COc1ccc(-n2nc(C3(O)CCN(C(=O)OC(C)(C)C)CC3)c(F)c2-c2ccc(F)cc2)cc1. The number of hydrogen-bond donors (Lipinski definition) is 1. The Balaban J connectivity index is 1.70. The average Bonchev–Trinajstić information content (AvgIpc) is 3.17. The maximum atomic E-state index is 16.0. The van der Waals surface area contributed by atoms with Crippen molar-refractivity contribution in [3.8, 4) is 22.7 Å². The second kappa shape index (κ2) is 9.30. The fourth-order valence-corrected chi connectivity index (χ4v) is 4.09. The van der Waals surface area contributed by atoms with Gasteiger partial charge in [-0.2, -0.15) is 5.10 Å². The zero-order chi connectivity index (χ0) is 25.4. The van der Waals surface area contributed by atoms with E-state index in [1.165, 1.54) is 33.8 Å². The number of aliphatic hydroxyl groups is 1. The highest BCUT2D eigenvalue weighted by Gasteiger charge is 2.42. The second-order valence-corrected chi connectivity index (χ2v) is 9.63. The van der Waals surface area contributed by atoms with Gasteiger partial charge in [0.1, 0.15) is 34.2 Å². The molecular weight excluding hydrogens is 456 g/mol. The van der Waals surface area contributed by atoms with E-state index in [1.54, 1.807) is 52.1 Å². The lowest BCUT2D eigenvalue weighted by atomic mass is 9.87. The van der Waals surface area contributed by atoms with E-state index in [0.29, 0.717) is 17.0 Å². The van der Waals surface area contributed by atoms with Gasteiger partial charge in [-0.25, -0.2) is 18.3 Å². The molecule has 1 aromatic heterocycles. The quantitative estimate of drug-likeness (QED) is 0.560. The Labute approximate surface area is 202 Å². The maximum Gasteiger partial charge on any atom is 0.410 e. The highest BCUT2D eigenvalue weighted by atomic mass is 19.1. The van der Waals surface area contributed by atoms with Gasteiger partial charge >= 0.3 is 6.09 Å². The second-order valence-electron chi connectivity index (χ2n) is 9.63. The molecule has 1 aliphatic rings. The van der Waals surface area contributed by atoms with Crippen LogP contribution in [0.25, 0.3) is 16.9 Å². The highest BCUT2D eigenvalue weighted by Crippen LogP contribution is 2.38. The van der Waals surface area contributed by atoms with Crippen molar-refractivity contribution in [3.05, 3.63) is 65.9 Å². The van der Waals surface area contributed by atoms with Gasteiger partial charge in [-0.05, 0) is 82.1 Å². The lowest BCUT2D eigenvalue weighted by Gasteiger charge is -2.37. The fourth-order valence-electron chi connectivity index (χ4n) is 4.09. The van der Waals surface area contributed by atoms with Crippen LogP contribution in [0.3, 0.4) is 0 Å². The molecule has 1 aliphatic heterocycles. The molecule has 0 saturated carbocycles. The third-order valence-electron chi connectivity index (χ3n) is 5.95. The van der Waals surface area contributed by atoms with Gasteiger partial charge in [-0.1, -0.05) is 0 Å². The van der Waals surface area contributed by atoms with Crippen LogP contribution >= 0.6 is 0 Å². The van der Waals surface area contributed by atoms with Crippen LogP contribution < -0.4 is 4.74 Å². The van der Waals surface area contributed by atoms with E-state index < -0.39 is 28.9 Å². The summed E-state index contributed by atoms with van der Waals surface area (Å²) >= 11 is 0. The van der Waals surface area contributed by atoms with E-state index in [-0.39, 0.29) is 37.3 Å². The monoisotopic (exact) mass is 485 g/mol. The van der Waals surface area contributed by atoms with Gasteiger partial charge in [0.15, 0.2) is 5.82 Å². The Bertz CT molecular complexity index is 1190. The predicted octanol–water partition coefficient (Wildman–Crippen LogP) is 5.04. The van der Waals surface area contributed by atoms with Crippen LogP contribution in [0.15, 0.2) is 48.5 Å². The van der Waals surface area contributed by atoms with Gasteiger partial charge in [0.2, 0.25) is 0 Å². The molecule has 186 valence electrons. The van der Waals surface area contributed by atoms with Crippen molar-refractivity contribution in [2.45, 2.75) is 44.8 Å². The molecule has 0 bridgehead atoms. The summed E-state index contributed by atoms with van der Waals surface area (Å²) in [5.41, 5.74) is -1.28. The van der Waals surface area contributed by atoms with Crippen LogP contribution in [0.4, 0.5) is 13.6 Å². The maximum absolute atomic E-state index is 16.0. The zero-order valence-electron chi connectivity index (χ0n) is 20.2. The third-order valence-corrected chi connectivity index (χ3v) is 5.95. The number of rotatable bonds is 4. The molecule has 35 heavy (non-hydrogen) atoms. The van der Waals surface area contributed by atoms with E-state index in [1.807, 2.05) is 0 Å². The number of amides is 1. The number of piperidine rings is 1. The molecule has 7 nitrogen and oxygen atoms in total. The predicted molar refractivity (Wildman–Crippen MR) is 126 cm³/mol. The topological polar surface area (TPSA) is 76.8 Å². The number of carbonyl (C=O) groups is 1. The Kier molecular flexibility index (Phi) is 6.55. The third kappa shape index (κ3) is 5.14. The van der Waals surface area contributed by atoms with Crippen LogP contribution in [-0.2, 0) is 10.3 Å². The molecular formula is C26H29F2N3O4. The van der Waals surface area contributed by atoms with E-state index in [9.17, 15) is 14.3 Å². The minimum atomic E-state index is -1.59. The van der Waals surface area contributed by atoms with Gasteiger partial charge in [0.25, 0.3) is 0 Å². The molecule has 0 radical (unpaired) electrons. The molecule has 0 unspecified atom stereocenters. The van der Waals surface area contributed by atoms with Crippen molar-refractivity contribution in [2.24, 2.45) is 0 Å². The summed E-state index contributed by atoms with van der Waals surface area (Å²) in [6.45, 7) is 5.72. The first-order valence-electron chi connectivity index (χ1n) is 11.4. The molecule has 1 saturated heterocycles. The molecule has 2 aromatic carbocycles. The smallest absolute Gasteiger partial charge is 0.410 e. The Morgan fingerprint density at radius 2 is 1.63 bits per heavy atom. The minimum absolute atomic E-state index is 0.0889. The van der Waals surface area contributed by atoms with Gasteiger partial charge in [-0.3, -0.25) is 0 Å². The Morgan fingerprint density at radius 3 is 2.17 bits per heavy atom. The zero-order valence-corrected chi connectivity index (χ0v) is 20.2. The lowest BCUT2D eigenvalue weighted by molar-refractivity contribution is -0.0401. The summed E-state index contributed by atoms with van der Waals surface area (Å²) in [6, 6.07) is 12.3. The van der Waals surface area contributed by atoms with Crippen LogP contribution in [0.2, 0.25) is 0 Å². The van der Waals surface area contributed by atoms with Crippen LogP contribution in [0, 0.1) is 11.6 Å². The number of methoxy groups -OCH3 is 1. The van der Waals surface area contributed by atoms with Gasteiger partial charge in [-0.15, -0.1) is 0 Å². The van der Waals surface area contributed by atoms with Crippen LogP contribution in [0.5, 0.6) is 5.75 Å². The van der Waals surface area contributed by atoms with Crippen molar-refractivity contribution < 1.29 is 28.2 Å². The number of benzene rings is 2.